The standard InChI is InChI=1S/C11H20N2O2S/c1-10(2,3)15-9(14)13-11(8(12)16)6-4-5-7-11/h4-7H2,1-3H3,(H2,12,16)(H,13,14). The Balaban J connectivity index is 2.63. The molecule has 1 fully saturated rings. The van der Waals surface area contributed by atoms with Gasteiger partial charge >= 0.3 is 6.09 Å². The van der Waals surface area contributed by atoms with Crippen molar-refractivity contribution in [3.8, 4) is 0 Å². The summed E-state index contributed by atoms with van der Waals surface area (Å²) < 4.78 is 5.21. The zero-order valence-electron chi connectivity index (χ0n) is 10.1. The van der Waals surface area contributed by atoms with E-state index in [9.17, 15) is 4.79 Å². The van der Waals surface area contributed by atoms with Gasteiger partial charge in [0.2, 0.25) is 0 Å². The number of carbonyl (C=O) groups is 1. The van der Waals surface area contributed by atoms with Crippen LogP contribution >= 0.6 is 12.2 Å². The van der Waals surface area contributed by atoms with Crippen molar-refractivity contribution in [2.45, 2.75) is 57.6 Å². The lowest BCUT2D eigenvalue weighted by Gasteiger charge is -2.30. The van der Waals surface area contributed by atoms with Gasteiger partial charge in [-0.05, 0) is 33.6 Å². The molecule has 0 aromatic carbocycles. The van der Waals surface area contributed by atoms with Gasteiger partial charge in [-0.1, -0.05) is 25.1 Å². The first-order valence-corrected chi connectivity index (χ1v) is 5.97. The Morgan fingerprint density at radius 1 is 1.38 bits per heavy atom. The molecule has 0 aromatic rings. The zero-order chi connectivity index (χ0) is 12.4. The lowest BCUT2D eigenvalue weighted by atomic mass is 9.98. The number of hydrogen-bond donors (Lipinski definition) is 2. The summed E-state index contributed by atoms with van der Waals surface area (Å²) in [6, 6.07) is 0. The SMILES string of the molecule is CC(C)(C)OC(=O)NC1(C(N)=S)CCCC1. The van der Waals surface area contributed by atoms with Crippen molar-refractivity contribution in [3.63, 3.8) is 0 Å². The number of nitrogens with two attached hydrogens (primary N) is 1. The minimum atomic E-state index is -0.530. The van der Waals surface area contributed by atoms with E-state index in [-0.39, 0.29) is 0 Å². The van der Waals surface area contributed by atoms with E-state index in [1.165, 1.54) is 0 Å². The van der Waals surface area contributed by atoms with Crippen molar-refractivity contribution in [3.05, 3.63) is 0 Å². The Morgan fingerprint density at radius 3 is 2.25 bits per heavy atom. The van der Waals surface area contributed by atoms with E-state index < -0.39 is 17.2 Å². The Labute approximate surface area is 102 Å². The average Bonchev–Trinajstić information content (AvgIpc) is 2.49. The number of carbonyl (C=O) groups excluding carboxylic acids is 1. The summed E-state index contributed by atoms with van der Waals surface area (Å²) in [5, 5.41) is 2.82. The molecule has 1 aliphatic carbocycles. The summed E-state index contributed by atoms with van der Waals surface area (Å²) in [6.07, 6.45) is 3.24. The van der Waals surface area contributed by atoms with Crippen LogP contribution in [-0.2, 0) is 4.74 Å². The molecule has 92 valence electrons. The van der Waals surface area contributed by atoms with E-state index in [2.05, 4.69) is 5.32 Å². The number of hydrogen-bond acceptors (Lipinski definition) is 3. The lowest BCUT2D eigenvalue weighted by Crippen LogP contribution is -2.55. The highest BCUT2D eigenvalue weighted by Gasteiger charge is 2.39. The second-order valence-corrected chi connectivity index (χ2v) is 5.72. The molecule has 5 heteroatoms. The minimum absolute atomic E-state index is 0.357. The van der Waals surface area contributed by atoms with Crippen LogP contribution in [-0.4, -0.2) is 22.2 Å². The third kappa shape index (κ3) is 3.33. The Kier molecular flexibility index (Phi) is 3.78. The molecule has 4 nitrogen and oxygen atoms in total. The third-order valence-corrected chi connectivity index (χ3v) is 3.06. The van der Waals surface area contributed by atoms with E-state index >= 15 is 0 Å². The average molecular weight is 244 g/mol. The van der Waals surface area contributed by atoms with Gasteiger partial charge in [-0.2, -0.15) is 0 Å². The van der Waals surface area contributed by atoms with Crippen molar-refractivity contribution in [1.29, 1.82) is 0 Å². The first-order valence-electron chi connectivity index (χ1n) is 5.56. The van der Waals surface area contributed by atoms with Crippen molar-refractivity contribution >= 4 is 23.3 Å². The fourth-order valence-corrected chi connectivity index (χ4v) is 2.17. The normalized spacial score (nSPS) is 19.2. The molecule has 1 aliphatic rings. The van der Waals surface area contributed by atoms with E-state index in [0.29, 0.717) is 4.99 Å². The molecule has 0 aromatic heterocycles. The van der Waals surface area contributed by atoms with Crippen LogP contribution in [0.15, 0.2) is 0 Å². The monoisotopic (exact) mass is 244 g/mol. The number of ether oxygens (including phenoxy) is 1. The molecule has 0 aliphatic heterocycles. The maximum absolute atomic E-state index is 11.7. The maximum Gasteiger partial charge on any atom is 0.408 e. The topological polar surface area (TPSA) is 64.3 Å². The summed E-state index contributed by atoms with van der Waals surface area (Å²) in [5.74, 6) is 0. The van der Waals surface area contributed by atoms with Gasteiger partial charge in [0.25, 0.3) is 0 Å². The molecule has 0 saturated heterocycles. The van der Waals surface area contributed by atoms with Crippen LogP contribution in [0.3, 0.4) is 0 Å². The molecule has 0 spiro atoms. The Morgan fingerprint density at radius 2 is 1.88 bits per heavy atom. The zero-order valence-corrected chi connectivity index (χ0v) is 10.9. The predicted molar refractivity (Wildman–Crippen MR) is 67.4 cm³/mol. The molecule has 1 saturated carbocycles. The van der Waals surface area contributed by atoms with Gasteiger partial charge in [-0.15, -0.1) is 0 Å². The van der Waals surface area contributed by atoms with Gasteiger partial charge in [0.15, 0.2) is 0 Å². The number of rotatable bonds is 2. The molecule has 0 radical (unpaired) electrons. The molecular weight excluding hydrogens is 224 g/mol. The highest BCUT2D eigenvalue weighted by atomic mass is 32.1. The lowest BCUT2D eigenvalue weighted by molar-refractivity contribution is 0.0487. The highest BCUT2D eigenvalue weighted by Crippen LogP contribution is 2.30. The summed E-state index contributed by atoms with van der Waals surface area (Å²) in [6.45, 7) is 5.48. The smallest absolute Gasteiger partial charge is 0.408 e. The fraction of sp³-hybridized carbons (Fsp3) is 0.818. The summed E-state index contributed by atoms with van der Waals surface area (Å²) in [4.78, 5) is 12.0. The molecular formula is C11H20N2O2S. The van der Waals surface area contributed by atoms with Crippen LogP contribution in [0.5, 0.6) is 0 Å². The molecule has 1 amide bonds. The van der Waals surface area contributed by atoms with Gasteiger partial charge in [0.05, 0.1) is 10.5 Å². The number of amides is 1. The van der Waals surface area contributed by atoms with E-state index in [0.717, 1.165) is 25.7 Å². The third-order valence-electron chi connectivity index (χ3n) is 2.67. The van der Waals surface area contributed by atoms with Crippen LogP contribution in [0.25, 0.3) is 0 Å². The summed E-state index contributed by atoms with van der Waals surface area (Å²) in [7, 11) is 0. The quantitative estimate of drug-likeness (QED) is 0.730. The van der Waals surface area contributed by atoms with E-state index in [4.69, 9.17) is 22.7 Å². The van der Waals surface area contributed by atoms with Gasteiger partial charge in [0.1, 0.15) is 5.60 Å². The maximum atomic E-state index is 11.7. The van der Waals surface area contributed by atoms with Crippen molar-refractivity contribution in [2.24, 2.45) is 5.73 Å². The molecule has 0 heterocycles. The first-order chi connectivity index (χ1) is 7.25. The Bertz CT molecular complexity index is 291. The van der Waals surface area contributed by atoms with Crippen molar-refractivity contribution in [1.82, 2.24) is 5.32 Å². The highest BCUT2D eigenvalue weighted by molar-refractivity contribution is 7.80. The van der Waals surface area contributed by atoms with Crippen LogP contribution in [0.1, 0.15) is 46.5 Å². The molecule has 3 N–H and O–H groups in total. The second kappa shape index (κ2) is 4.57. The molecule has 0 bridgehead atoms. The summed E-state index contributed by atoms with van der Waals surface area (Å²) >= 11 is 5.03. The number of thiocarbonyl (C=S) groups is 1. The number of nitrogens with one attached hydrogen (secondary N) is 1. The summed E-state index contributed by atoms with van der Waals surface area (Å²) in [5.41, 5.74) is 4.68. The molecule has 1 rings (SSSR count). The number of alkyl carbamates (subject to hydrolysis) is 1. The second-order valence-electron chi connectivity index (χ2n) is 5.28. The Hall–Kier alpha value is -0.840. The van der Waals surface area contributed by atoms with E-state index in [1.807, 2.05) is 20.8 Å². The first kappa shape index (κ1) is 13.2. The van der Waals surface area contributed by atoms with E-state index in [1.54, 1.807) is 0 Å². The minimum Gasteiger partial charge on any atom is -0.444 e. The van der Waals surface area contributed by atoms with Gasteiger partial charge in [0, 0.05) is 0 Å². The predicted octanol–water partition coefficient (Wildman–Crippen LogP) is 2.11. The van der Waals surface area contributed by atoms with Gasteiger partial charge in [-0.3, -0.25) is 0 Å². The molecule has 0 atom stereocenters. The van der Waals surface area contributed by atoms with Gasteiger partial charge in [-0.25, -0.2) is 4.79 Å². The fourth-order valence-electron chi connectivity index (χ4n) is 1.91. The van der Waals surface area contributed by atoms with Crippen molar-refractivity contribution < 1.29 is 9.53 Å². The largest absolute Gasteiger partial charge is 0.444 e. The van der Waals surface area contributed by atoms with Crippen molar-refractivity contribution in [2.75, 3.05) is 0 Å². The van der Waals surface area contributed by atoms with Gasteiger partial charge < -0.3 is 15.8 Å². The molecule has 16 heavy (non-hydrogen) atoms. The molecule has 0 unspecified atom stereocenters. The van der Waals surface area contributed by atoms with Crippen LogP contribution in [0.4, 0.5) is 4.79 Å². The van der Waals surface area contributed by atoms with Crippen LogP contribution in [0, 0.1) is 0 Å². The van der Waals surface area contributed by atoms with Crippen LogP contribution < -0.4 is 11.1 Å². The van der Waals surface area contributed by atoms with Crippen LogP contribution in [0.2, 0.25) is 0 Å².